The second-order valence-corrected chi connectivity index (χ2v) is 7.03. The summed E-state index contributed by atoms with van der Waals surface area (Å²) >= 11 is 0. The lowest BCUT2D eigenvalue weighted by Crippen LogP contribution is -2.35. The van der Waals surface area contributed by atoms with Crippen LogP contribution < -0.4 is 11.1 Å². The molecule has 0 bridgehead atoms. The molecule has 0 heterocycles. The van der Waals surface area contributed by atoms with Gasteiger partial charge in [-0.25, -0.2) is 0 Å². The van der Waals surface area contributed by atoms with E-state index < -0.39 is 5.60 Å². The molecule has 1 atom stereocenters. The maximum absolute atomic E-state index is 12.2. The Kier molecular flexibility index (Phi) is 6.84. The fourth-order valence-electron chi connectivity index (χ4n) is 2.24. The first-order valence-electron chi connectivity index (χ1n) is 7.95. The molecule has 6 heteroatoms. The van der Waals surface area contributed by atoms with E-state index in [2.05, 4.69) is 5.32 Å². The molecule has 2 amide bonds. The molecule has 0 aromatic heterocycles. The lowest BCUT2D eigenvalue weighted by atomic mass is 9.97. The Hall–Kier alpha value is -1.59. The molecule has 0 aromatic carbocycles. The summed E-state index contributed by atoms with van der Waals surface area (Å²) in [4.78, 5) is 34.8. The third kappa shape index (κ3) is 8.64. The lowest BCUT2D eigenvalue weighted by molar-refractivity contribution is -0.157. The molecule has 1 aliphatic carbocycles. The molecule has 0 aromatic rings. The summed E-state index contributed by atoms with van der Waals surface area (Å²) in [5, 5.41) is 2.78. The number of rotatable bonds is 9. The van der Waals surface area contributed by atoms with Crippen LogP contribution in [-0.2, 0) is 19.1 Å². The van der Waals surface area contributed by atoms with Crippen molar-refractivity contribution in [2.75, 3.05) is 6.54 Å². The Morgan fingerprint density at radius 2 is 1.91 bits per heavy atom. The highest BCUT2D eigenvalue weighted by atomic mass is 16.6. The van der Waals surface area contributed by atoms with Crippen molar-refractivity contribution < 1.29 is 19.1 Å². The van der Waals surface area contributed by atoms with E-state index in [-0.39, 0.29) is 36.5 Å². The van der Waals surface area contributed by atoms with E-state index in [9.17, 15) is 14.4 Å². The summed E-state index contributed by atoms with van der Waals surface area (Å²) in [5.74, 6) is -0.662. The van der Waals surface area contributed by atoms with Crippen LogP contribution in [0.4, 0.5) is 0 Å². The maximum Gasteiger partial charge on any atom is 0.307 e. The van der Waals surface area contributed by atoms with Crippen LogP contribution in [0.1, 0.15) is 59.3 Å². The standard InChI is InChI=1S/C16H28N2O4/c1-16(2,3)22-14(20)10-12(9-11-6-7-11)15(21)18-8-4-5-13(17)19/h11-12H,4-10H2,1-3H3,(H2,17,19)(H,18,21)/t12-/m1/s1. The zero-order valence-electron chi connectivity index (χ0n) is 13.8. The van der Waals surface area contributed by atoms with Crippen LogP contribution in [0.3, 0.4) is 0 Å². The van der Waals surface area contributed by atoms with Gasteiger partial charge in [0, 0.05) is 18.9 Å². The number of amides is 2. The van der Waals surface area contributed by atoms with Gasteiger partial charge < -0.3 is 15.8 Å². The highest BCUT2D eigenvalue weighted by Crippen LogP contribution is 2.36. The van der Waals surface area contributed by atoms with Gasteiger partial charge in [-0.3, -0.25) is 14.4 Å². The molecule has 6 nitrogen and oxygen atoms in total. The van der Waals surface area contributed by atoms with E-state index in [1.807, 2.05) is 20.8 Å². The van der Waals surface area contributed by atoms with E-state index in [0.717, 1.165) is 19.3 Å². The summed E-state index contributed by atoms with van der Waals surface area (Å²) in [7, 11) is 0. The number of ether oxygens (including phenoxy) is 1. The van der Waals surface area contributed by atoms with Gasteiger partial charge in [-0.05, 0) is 39.5 Å². The van der Waals surface area contributed by atoms with Crippen LogP contribution in [-0.4, -0.2) is 29.9 Å². The maximum atomic E-state index is 12.2. The molecule has 1 fully saturated rings. The zero-order chi connectivity index (χ0) is 16.8. The van der Waals surface area contributed by atoms with Crippen molar-refractivity contribution in [1.29, 1.82) is 0 Å². The third-order valence-electron chi connectivity index (χ3n) is 3.42. The van der Waals surface area contributed by atoms with Crippen molar-refractivity contribution in [3.8, 4) is 0 Å². The second kappa shape index (κ2) is 8.15. The molecule has 1 saturated carbocycles. The molecular weight excluding hydrogens is 284 g/mol. The first kappa shape index (κ1) is 18.5. The highest BCUT2D eigenvalue weighted by molar-refractivity contribution is 5.84. The van der Waals surface area contributed by atoms with Gasteiger partial charge in [-0.2, -0.15) is 0 Å². The second-order valence-electron chi connectivity index (χ2n) is 7.03. The topological polar surface area (TPSA) is 98.5 Å². The highest BCUT2D eigenvalue weighted by Gasteiger charge is 2.31. The average Bonchev–Trinajstić information content (AvgIpc) is 3.14. The third-order valence-corrected chi connectivity index (χ3v) is 3.42. The normalized spacial score (nSPS) is 16.0. The number of carbonyl (C=O) groups is 3. The molecule has 1 rings (SSSR count). The SMILES string of the molecule is CC(C)(C)OC(=O)C[C@@H](CC1CC1)C(=O)NCCCC(N)=O. The van der Waals surface area contributed by atoms with Gasteiger partial charge >= 0.3 is 5.97 Å². The van der Waals surface area contributed by atoms with Crippen LogP contribution in [0, 0.1) is 11.8 Å². The number of nitrogens with one attached hydrogen (secondary N) is 1. The number of carbonyl (C=O) groups excluding carboxylic acids is 3. The molecule has 0 unspecified atom stereocenters. The van der Waals surface area contributed by atoms with Gasteiger partial charge in [0.1, 0.15) is 5.60 Å². The molecule has 22 heavy (non-hydrogen) atoms. The molecule has 126 valence electrons. The predicted molar refractivity (Wildman–Crippen MR) is 82.7 cm³/mol. The molecule has 1 aliphatic rings. The van der Waals surface area contributed by atoms with Crippen LogP contribution in [0.25, 0.3) is 0 Å². The van der Waals surface area contributed by atoms with E-state index in [0.29, 0.717) is 18.9 Å². The molecular formula is C16H28N2O4. The Morgan fingerprint density at radius 1 is 1.27 bits per heavy atom. The quantitative estimate of drug-likeness (QED) is 0.498. The van der Waals surface area contributed by atoms with E-state index in [1.165, 1.54) is 0 Å². The first-order chi connectivity index (χ1) is 10.2. The van der Waals surface area contributed by atoms with E-state index >= 15 is 0 Å². The predicted octanol–water partition coefficient (Wildman–Crippen LogP) is 1.52. The summed E-state index contributed by atoms with van der Waals surface area (Å²) < 4.78 is 5.30. The van der Waals surface area contributed by atoms with Crippen LogP contribution in [0.2, 0.25) is 0 Å². The minimum Gasteiger partial charge on any atom is -0.460 e. The molecule has 0 radical (unpaired) electrons. The van der Waals surface area contributed by atoms with Gasteiger partial charge in [0.15, 0.2) is 0 Å². The van der Waals surface area contributed by atoms with Crippen molar-refractivity contribution in [3.05, 3.63) is 0 Å². The van der Waals surface area contributed by atoms with Crippen LogP contribution in [0.15, 0.2) is 0 Å². The minimum absolute atomic E-state index is 0.107. The first-order valence-corrected chi connectivity index (χ1v) is 7.95. The smallest absolute Gasteiger partial charge is 0.307 e. The van der Waals surface area contributed by atoms with Crippen molar-refractivity contribution >= 4 is 17.8 Å². The number of esters is 1. The lowest BCUT2D eigenvalue weighted by Gasteiger charge is -2.22. The molecule has 3 N–H and O–H groups in total. The Bertz CT molecular complexity index is 411. The fourth-order valence-corrected chi connectivity index (χ4v) is 2.24. The van der Waals surface area contributed by atoms with E-state index in [4.69, 9.17) is 10.5 Å². The summed E-state index contributed by atoms with van der Waals surface area (Å²) in [6, 6.07) is 0. The summed E-state index contributed by atoms with van der Waals surface area (Å²) in [6.45, 7) is 5.83. The van der Waals surface area contributed by atoms with Gasteiger partial charge in [-0.1, -0.05) is 12.8 Å². The van der Waals surface area contributed by atoms with Crippen molar-refractivity contribution in [3.63, 3.8) is 0 Å². The zero-order valence-corrected chi connectivity index (χ0v) is 13.8. The molecule has 0 spiro atoms. The van der Waals surface area contributed by atoms with Crippen molar-refractivity contribution in [1.82, 2.24) is 5.32 Å². The van der Waals surface area contributed by atoms with Gasteiger partial charge in [0.2, 0.25) is 11.8 Å². The largest absolute Gasteiger partial charge is 0.460 e. The van der Waals surface area contributed by atoms with Gasteiger partial charge in [-0.15, -0.1) is 0 Å². The Morgan fingerprint density at radius 3 is 2.41 bits per heavy atom. The molecule has 0 aliphatic heterocycles. The van der Waals surface area contributed by atoms with Crippen molar-refractivity contribution in [2.45, 2.75) is 64.9 Å². The van der Waals surface area contributed by atoms with Gasteiger partial charge in [0.05, 0.1) is 6.42 Å². The number of hydrogen-bond donors (Lipinski definition) is 2. The monoisotopic (exact) mass is 312 g/mol. The summed E-state index contributed by atoms with van der Waals surface area (Å²) in [6.07, 6.45) is 3.85. The number of nitrogens with two attached hydrogens (primary N) is 1. The Labute approximate surface area is 132 Å². The Balaban J connectivity index is 2.43. The summed E-state index contributed by atoms with van der Waals surface area (Å²) in [5.41, 5.74) is 4.51. The van der Waals surface area contributed by atoms with E-state index in [1.54, 1.807) is 0 Å². The minimum atomic E-state index is -0.542. The van der Waals surface area contributed by atoms with Crippen LogP contribution in [0.5, 0.6) is 0 Å². The van der Waals surface area contributed by atoms with Crippen LogP contribution >= 0.6 is 0 Å². The van der Waals surface area contributed by atoms with Crippen molar-refractivity contribution in [2.24, 2.45) is 17.6 Å². The average molecular weight is 312 g/mol. The van der Waals surface area contributed by atoms with Gasteiger partial charge in [0.25, 0.3) is 0 Å². The molecule has 0 saturated heterocycles. The number of primary amides is 1. The number of hydrogen-bond acceptors (Lipinski definition) is 4. The fraction of sp³-hybridized carbons (Fsp3) is 0.812.